The zero-order valence-electron chi connectivity index (χ0n) is 7.63. The summed E-state index contributed by atoms with van der Waals surface area (Å²) in [6, 6.07) is 0. The number of rotatable bonds is 2. The highest BCUT2D eigenvalue weighted by atomic mass is 16.5. The van der Waals surface area contributed by atoms with Crippen molar-refractivity contribution in [1.29, 1.82) is 5.41 Å². The molecule has 1 N–H and O–H groups in total. The lowest BCUT2D eigenvalue weighted by atomic mass is 9.97. The van der Waals surface area contributed by atoms with Crippen LogP contribution in [-0.4, -0.2) is 12.5 Å². The maximum Gasteiger partial charge on any atom is 0.187 e. The standard InChI is InChI=1S/C10H15NO/c1-3-12-10(11)9-6-4-8(2)5-7-9/h4-6,9,11H,3,7H2,1-2H3. The van der Waals surface area contributed by atoms with Crippen molar-refractivity contribution in [2.75, 3.05) is 6.61 Å². The normalized spacial score (nSPS) is 21.8. The highest BCUT2D eigenvalue weighted by molar-refractivity contribution is 5.78. The topological polar surface area (TPSA) is 33.1 Å². The van der Waals surface area contributed by atoms with Crippen molar-refractivity contribution in [3.8, 4) is 0 Å². The largest absolute Gasteiger partial charge is 0.481 e. The van der Waals surface area contributed by atoms with Gasteiger partial charge in [-0.15, -0.1) is 0 Å². The summed E-state index contributed by atoms with van der Waals surface area (Å²) in [5.41, 5.74) is 1.27. The van der Waals surface area contributed by atoms with Gasteiger partial charge in [-0.25, -0.2) is 0 Å². The summed E-state index contributed by atoms with van der Waals surface area (Å²) in [5, 5.41) is 7.55. The Kier molecular flexibility index (Phi) is 3.09. The Morgan fingerprint density at radius 3 is 3.00 bits per heavy atom. The van der Waals surface area contributed by atoms with Gasteiger partial charge in [-0.1, -0.05) is 23.8 Å². The minimum Gasteiger partial charge on any atom is -0.481 e. The van der Waals surface area contributed by atoms with E-state index in [0.717, 1.165) is 6.42 Å². The maximum atomic E-state index is 7.55. The molecule has 0 spiro atoms. The van der Waals surface area contributed by atoms with E-state index >= 15 is 0 Å². The minimum atomic E-state index is 0.161. The average Bonchev–Trinajstić information content (AvgIpc) is 2.06. The molecule has 0 saturated heterocycles. The van der Waals surface area contributed by atoms with Gasteiger partial charge in [0.05, 0.1) is 12.5 Å². The lowest BCUT2D eigenvalue weighted by Crippen LogP contribution is -2.15. The second-order valence-electron chi connectivity index (χ2n) is 2.95. The van der Waals surface area contributed by atoms with E-state index in [1.807, 2.05) is 19.1 Å². The van der Waals surface area contributed by atoms with Crippen molar-refractivity contribution in [3.05, 3.63) is 23.8 Å². The Balaban J connectivity index is 2.47. The van der Waals surface area contributed by atoms with Crippen molar-refractivity contribution in [2.24, 2.45) is 5.92 Å². The van der Waals surface area contributed by atoms with Gasteiger partial charge in [0.2, 0.25) is 0 Å². The summed E-state index contributed by atoms with van der Waals surface area (Å²) in [7, 11) is 0. The molecule has 66 valence electrons. The average molecular weight is 165 g/mol. The quantitative estimate of drug-likeness (QED) is 0.495. The lowest BCUT2D eigenvalue weighted by Gasteiger charge is -2.15. The SMILES string of the molecule is CCOC(=N)C1C=CC(C)=CC1. The van der Waals surface area contributed by atoms with Crippen LogP contribution in [-0.2, 0) is 4.74 Å². The fourth-order valence-corrected chi connectivity index (χ4v) is 1.18. The summed E-state index contributed by atoms with van der Waals surface area (Å²) >= 11 is 0. The van der Waals surface area contributed by atoms with Crippen LogP contribution in [0.15, 0.2) is 23.8 Å². The molecule has 0 aliphatic heterocycles. The molecule has 0 radical (unpaired) electrons. The molecule has 1 atom stereocenters. The van der Waals surface area contributed by atoms with Gasteiger partial charge in [0.15, 0.2) is 5.90 Å². The minimum absolute atomic E-state index is 0.161. The molecule has 1 rings (SSSR count). The van der Waals surface area contributed by atoms with Gasteiger partial charge in [-0.2, -0.15) is 0 Å². The van der Waals surface area contributed by atoms with Crippen molar-refractivity contribution in [3.63, 3.8) is 0 Å². The number of ether oxygens (including phenoxy) is 1. The van der Waals surface area contributed by atoms with Crippen LogP contribution >= 0.6 is 0 Å². The fraction of sp³-hybridized carbons (Fsp3) is 0.500. The van der Waals surface area contributed by atoms with Gasteiger partial charge in [0.25, 0.3) is 0 Å². The van der Waals surface area contributed by atoms with Gasteiger partial charge in [0, 0.05) is 0 Å². The second-order valence-corrected chi connectivity index (χ2v) is 2.95. The van der Waals surface area contributed by atoms with E-state index in [2.05, 4.69) is 13.0 Å². The summed E-state index contributed by atoms with van der Waals surface area (Å²) in [6.45, 7) is 4.56. The van der Waals surface area contributed by atoms with Crippen LogP contribution in [0.1, 0.15) is 20.3 Å². The van der Waals surface area contributed by atoms with Crippen LogP contribution in [0.25, 0.3) is 0 Å². The molecule has 1 aliphatic carbocycles. The highest BCUT2D eigenvalue weighted by Gasteiger charge is 2.13. The van der Waals surface area contributed by atoms with Gasteiger partial charge < -0.3 is 4.74 Å². The van der Waals surface area contributed by atoms with Crippen molar-refractivity contribution in [2.45, 2.75) is 20.3 Å². The molecular weight excluding hydrogens is 150 g/mol. The fourth-order valence-electron chi connectivity index (χ4n) is 1.18. The molecule has 2 nitrogen and oxygen atoms in total. The molecule has 1 unspecified atom stereocenters. The van der Waals surface area contributed by atoms with E-state index in [1.165, 1.54) is 5.57 Å². The summed E-state index contributed by atoms with van der Waals surface area (Å²) in [4.78, 5) is 0. The second kappa shape index (κ2) is 4.10. The van der Waals surface area contributed by atoms with Crippen LogP contribution in [0.4, 0.5) is 0 Å². The molecule has 0 amide bonds. The third-order valence-electron chi connectivity index (χ3n) is 1.92. The van der Waals surface area contributed by atoms with E-state index in [9.17, 15) is 0 Å². The monoisotopic (exact) mass is 165 g/mol. The number of hydrogen-bond donors (Lipinski definition) is 1. The van der Waals surface area contributed by atoms with E-state index in [4.69, 9.17) is 10.1 Å². The van der Waals surface area contributed by atoms with Crippen molar-refractivity contribution < 1.29 is 4.74 Å². The smallest absolute Gasteiger partial charge is 0.187 e. The Labute approximate surface area is 73.4 Å². The van der Waals surface area contributed by atoms with Crippen LogP contribution in [0.3, 0.4) is 0 Å². The molecule has 0 heterocycles. The Bertz CT molecular complexity index is 228. The Hall–Kier alpha value is -1.05. The molecule has 0 aromatic carbocycles. The summed E-state index contributed by atoms with van der Waals surface area (Å²) in [6.07, 6.45) is 7.12. The lowest BCUT2D eigenvalue weighted by molar-refractivity contribution is 0.304. The summed E-state index contributed by atoms with van der Waals surface area (Å²) in [5.74, 6) is 0.547. The highest BCUT2D eigenvalue weighted by Crippen LogP contribution is 2.17. The molecule has 0 fully saturated rings. The first kappa shape index (κ1) is 9.04. The molecule has 12 heavy (non-hydrogen) atoms. The third-order valence-corrected chi connectivity index (χ3v) is 1.92. The van der Waals surface area contributed by atoms with Gasteiger partial charge in [-0.3, -0.25) is 5.41 Å². The molecule has 0 aromatic heterocycles. The van der Waals surface area contributed by atoms with Crippen LogP contribution in [0.5, 0.6) is 0 Å². The van der Waals surface area contributed by atoms with E-state index in [-0.39, 0.29) is 5.92 Å². The predicted molar refractivity (Wildman–Crippen MR) is 50.4 cm³/mol. The van der Waals surface area contributed by atoms with Gasteiger partial charge >= 0.3 is 0 Å². The van der Waals surface area contributed by atoms with Crippen LogP contribution in [0.2, 0.25) is 0 Å². The zero-order chi connectivity index (χ0) is 8.97. The van der Waals surface area contributed by atoms with Gasteiger partial charge in [-0.05, 0) is 20.3 Å². The van der Waals surface area contributed by atoms with E-state index in [0.29, 0.717) is 12.5 Å². The zero-order valence-corrected chi connectivity index (χ0v) is 7.63. The van der Waals surface area contributed by atoms with E-state index < -0.39 is 0 Å². The molecular formula is C10H15NO. The maximum absolute atomic E-state index is 7.55. The Morgan fingerprint density at radius 1 is 1.75 bits per heavy atom. The molecule has 2 heteroatoms. The summed E-state index contributed by atoms with van der Waals surface area (Å²) < 4.78 is 5.12. The molecule has 0 bridgehead atoms. The number of nitrogens with one attached hydrogen (secondary N) is 1. The number of hydrogen-bond acceptors (Lipinski definition) is 2. The van der Waals surface area contributed by atoms with E-state index in [1.54, 1.807) is 0 Å². The first-order valence-electron chi connectivity index (χ1n) is 4.30. The predicted octanol–water partition coefficient (Wildman–Crippen LogP) is 2.52. The van der Waals surface area contributed by atoms with Crippen molar-refractivity contribution in [1.82, 2.24) is 0 Å². The molecule has 0 saturated carbocycles. The van der Waals surface area contributed by atoms with Crippen molar-refractivity contribution >= 4 is 5.90 Å². The third kappa shape index (κ3) is 2.22. The van der Waals surface area contributed by atoms with Crippen LogP contribution in [0, 0.1) is 11.3 Å². The Morgan fingerprint density at radius 2 is 2.50 bits per heavy atom. The first-order chi connectivity index (χ1) is 5.74. The molecule has 1 aliphatic rings. The van der Waals surface area contributed by atoms with Crippen LogP contribution < -0.4 is 0 Å². The molecule has 0 aromatic rings. The van der Waals surface area contributed by atoms with Gasteiger partial charge in [0.1, 0.15) is 0 Å². The first-order valence-corrected chi connectivity index (χ1v) is 4.30. The number of allylic oxidation sites excluding steroid dienone is 3.